The van der Waals surface area contributed by atoms with Crippen LogP contribution in [-0.2, 0) is 9.22 Å². The van der Waals surface area contributed by atoms with Crippen molar-refractivity contribution in [3.8, 4) is 0 Å². The summed E-state index contributed by atoms with van der Waals surface area (Å²) in [4.78, 5) is 12.1. The molecule has 29 heavy (non-hydrogen) atoms. The average molecular weight is 419 g/mol. The molecule has 0 aliphatic heterocycles. The summed E-state index contributed by atoms with van der Waals surface area (Å²) in [7, 11) is -1.86. The third-order valence-electron chi connectivity index (χ3n) is 8.79. The number of carbonyl (C=O) groups is 1. The highest BCUT2D eigenvalue weighted by Crippen LogP contribution is 2.63. The van der Waals surface area contributed by atoms with E-state index in [1.54, 1.807) is 0 Å². The van der Waals surface area contributed by atoms with Crippen LogP contribution < -0.4 is 0 Å². The fraction of sp³-hybridized carbons (Fsp3) is 0.808. The van der Waals surface area contributed by atoms with Gasteiger partial charge in [-0.25, -0.2) is 0 Å². The van der Waals surface area contributed by atoms with Crippen molar-refractivity contribution in [1.29, 1.82) is 0 Å². The standard InChI is InChI=1S/C26H46O2Si/c1-19(2)12-11-16-26(8)22-14-13-20(3)21(18-27)25(22,7)17-15-23(26)28-29(9,10)24(4,5)6/h12,18,21-23H,3,11,13-17H2,1-2,4-10H3/t21-,22+,23-,25+,26-/m0/s1. The van der Waals surface area contributed by atoms with E-state index in [0.717, 1.165) is 44.1 Å². The Bertz CT molecular complexity index is 652. The second kappa shape index (κ2) is 8.46. The van der Waals surface area contributed by atoms with Crippen LogP contribution in [0.2, 0.25) is 18.1 Å². The van der Waals surface area contributed by atoms with Crippen LogP contribution in [0.15, 0.2) is 23.8 Å². The van der Waals surface area contributed by atoms with E-state index in [2.05, 4.69) is 74.2 Å². The molecule has 2 aliphatic rings. The Morgan fingerprint density at radius 2 is 1.86 bits per heavy atom. The molecule has 0 aromatic heterocycles. The zero-order valence-electron chi connectivity index (χ0n) is 20.7. The molecule has 0 bridgehead atoms. The zero-order chi connectivity index (χ0) is 22.3. The Morgan fingerprint density at radius 1 is 1.24 bits per heavy atom. The quantitative estimate of drug-likeness (QED) is 0.251. The molecular formula is C26H46O2Si. The Morgan fingerprint density at radius 3 is 2.38 bits per heavy atom. The second-order valence-corrected chi connectivity index (χ2v) is 16.9. The van der Waals surface area contributed by atoms with E-state index in [0.29, 0.717) is 5.92 Å². The van der Waals surface area contributed by atoms with Gasteiger partial charge in [0.05, 0.1) is 6.10 Å². The van der Waals surface area contributed by atoms with Gasteiger partial charge in [-0.2, -0.15) is 0 Å². The SMILES string of the molecule is C=C1CC[C@H]2[C@](C)(CCC=C(C)C)[C@@H](O[Si](C)(C)C(C)(C)C)CC[C@]2(C)[C@H]1C=O. The highest BCUT2D eigenvalue weighted by Gasteiger charge is 2.59. The van der Waals surface area contributed by atoms with E-state index >= 15 is 0 Å². The molecule has 0 N–H and O–H groups in total. The van der Waals surface area contributed by atoms with Crippen LogP contribution in [0.3, 0.4) is 0 Å². The van der Waals surface area contributed by atoms with Crippen molar-refractivity contribution >= 4 is 14.6 Å². The average Bonchev–Trinajstić information content (AvgIpc) is 2.56. The summed E-state index contributed by atoms with van der Waals surface area (Å²) in [6.07, 6.45) is 10.3. The van der Waals surface area contributed by atoms with Crippen LogP contribution in [0.5, 0.6) is 0 Å². The minimum absolute atomic E-state index is 0.00199. The molecule has 0 saturated heterocycles. The Hall–Kier alpha value is -0.673. The molecule has 0 amide bonds. The molecule has 0 aromatic carbocycles. The van der Waals surface area contributed by atoms with Crippen molar-refractivity contribution in [2.45, 2.75) is 111 Å². The third kappa shape index (κ3) is 4.66. The fourth-order valence-electron chi connectivity index (χ4n) is 5.89. The van der Waals surface area contributed by atoms with Crippen molar-refractivity contribution < 1.29 is 9.22 Å². The summed E-state index contributed by atoms with van der Waals surface area (Å²) in [5.41, 5.74) is 2.64. The number of rotatable bonds is 6. The lowest BCUT2D eigenvalue weighted by Gasteiger charge is -2.61. The summed E-state index contributed by atoms with van der Waals surface area (Å²) in [5, 5.41) is 0.209. The van der Waals surface area contributed by atoms with Crippen molar-refractivity contribution in [2.75, 3.05) is 0 Å². The van der Waals surface area contributed by atoms with Crippen molar-refractivity contribution in [1.82, 2.24) is 0 Å². The number of aldehydes is 1. The first-order chi connectivity index (χ1) is 13.2. The summed E-state index contributed by atoms with van der Waals surface area (Å²) in [6.45, 7) is 25.3. The van der Waals surface area contributed by atoms with Gasteiger partial charge in [-0.05, 0) is 87.3 Å². The summed E-state index contributed by atoms with van der Waals surface area (Å²) in [5.74, 6) is 0.502. The molecule has 2 rings (SSSR count). The van der Waals surface area contributed by atoms with Gasteiger partial charge in [0.1, 0.15) is 6.29 Å². The van der Waals surface area contributed by atoms with Gasteiger partial charge < -0.3 is 9.22 Å². The smallest absolute Gasteiger partial charge is 0.192 e. The number of hydrogen-bond acceptors (Lipinski definition) is 2. The normalized spacial score (nSPS) is 35.8. The van der Waals surface area contributed by atoms with Gasteiger partial charge in [-0.3, -0.25) is 0 Å². The Labute approximate surface area is 181 Å². The molecule has 5 atom stereocenters. The predicted molar refractivity (Wildman–Crippen MR) is 128 cm³/mol. The number of carbonyl (C=O) groups excluding carboxylic acids is 1. The van der Waals surface area contributed by atoms with Crippen LogP contribution in [-0.4, -0.2) is 20.7 Å². The highest BCUT2D eigenvalue weighted by molar-refractivity contribution is 6.74. The molecule has 3 heteroatoms. The van der Waals surface area contributed by atoms with E-state index in [4.69, 9.17) is 4.43 Å². The van der Waals surface area contributed by atoms with Crippen LogP contribution in [0.1, 0.15) is 87.0 Å². The zero-order valence-corrected chi connectivity index (χ0v) is 21.7. The molecular weight excluding hydrogens is 372 g/mol. The van der Waals surface area contributed by atoms with Crippen molar-refractivity contribution in [2.24, 2.45) is 22.7 Å². The van der Waals surface area contributed by atoms with Crippen LogP contribution in [0, 0.1) is 22.7 Å². The lowest BCUT2D eigenvalue weighted by Crippen LogP contribution is -2.59. The summed E-state index contributed by atoms with van der Waals surface area (Å²) in [6, 6.07) is 0. The predicted octanol–water partition coefficient (Wildman–Crippen LogP) is 7.71. The molecule has 2 nitrogen and oxygen atoms in total. The van der Waals surface area contributed by atoms with Crippen molar-refractivity contribution in [3.63, 3.8) is 0 Å². The first kappa shape index (κ1) is 24.6. The topological polar surface area (TPSA) is 26.3 Å². The maximum absolute atomic E-state index is 12.1. The molecule has 0 spiro atoms. The van der Waals surface area contributed by atoms with Gasteiger partial charge in [0.15, 0.2) is 8.32 Å². The van der Waals surface area contributed by atoms with Gasteiger partial charge in [0.2, 0.25) is 0 Å². The second-order valence-electron chi connectivity index (χ2n) is 12.1. The van der Waals surface area contributed by atoms with E-state index in [9.17, 15) is 4.79 Å². The van der Waals surface area contributed by atoms with Crippen molar-refractivity contribution in [3.05, 3.63) is 23.8 Å². The Balaban J connectivity index is 2.44. The maximum Gasteiger partial charge on any atom is 0.192 e. The van der Waals surface area contributed by atoms with E-state index in [1.807, 2.05) is 0 Å². The first-order valence-electron chi connectivity index (χ1n) is 11.6. The first-order valence-corrected chi connectivity index (χ1v) is 14.5. The third-order valence-corrected chi connectivity index (χ3v) is 13.3. The van der Waals surface area contributed by atoms with Gasteiger partial charge in [0.25, 0.3) is 0 Å². The Kier molecular flexibility index (Phi) is 7.17. The number of hydrogen-bond donors (Lipinski definition) is 0. The van der Waals surface area contributed by atoms with Gasteiger partial charge in [0, 0.05) is 5.92 Å². The highest BCUT2D eigenvalue weighted by atomic mass is 28.4. The molecule has 2 saturated carbocycles. The van der Waals surface area contributed by atoms with E-state index < -0.39 is 8.32 Å². The van der Waals surface area contributed by atoms with Gasteiger partial charge in [-0.15, -0.1) is 0 Å². The number of fused-ring (bicyclic) bond motifs is 1. The van der Waals surface area contributed by atoms with Gasteiger partial charge >= 0.3 is 0 Å². The molecule has 0 unspecified atom stereocenters. The molecule has 166 valence electrons. The minimum Gasteiger partial charge on any atom is -0.413 e. The van der Waals surface area contributed by atoms with Crippen LogP contribution in [0.4, 0.5) is 0 Å². The molecule has 2 aliphatic carbocycles. The fourth-order valence-corrected chi connectivity index (χ4v) is 7.34. The molecule has 2 fully saturated rings. The lowest BCUT2D eigenvalue weighted by molar-refractivity contribution is -0.141. The van der Waals surface area contributed by atoms with E-state index in [1.165, 1.54) is 11.9 Å². The van der Waals surface area contributed by atoms with Crippen LogP contribution >= 0.6 is 0 Å². The summed E-state index contributed by atoms with van der Waals surface area (Å²) < 4.78 is 7.11. The number of allylic oxidation sites excluding steroid dienone is 3. The lowest BCUT2D eigenvalue weighted by atomic mass is 9.46. The van der Waals surface area contributed by atoms with E-state index in [-0.39, 0.29) is 27.9 Å². The van der Waals surface area contributed by atoms with Crippen LogP contribution in [0.25, 0.3) is 0 Å². The monoisotopic (exact) mass is 418 g/mol. The van der Waals surface area contributed by atoms with Gasteiger partial charge in [-0.1, -0.05) is 58.4 Å². The molecule has 0 aromatic rings. The summed E-state index contributed by atoms with van der Waals surface area (Å²) >= 11 is 0. The molecule has 0 heterocycles. The minimum atomic E-state index is -1.86. The maximum atomic E-state index is 12.1. The largest absolute Gasteiger partial charge is 0.413 e. The molecule has 0 radical (unpaired) electrons.